The number of methoxy groups -OCH3 is 1. The first-order valence-corrected chi connectivity index (χ1v) is 8.68. The van der Waals surface area contributed by atoms with Crippen molar-refractivity contribution in [1.82, 2.24) is 0 Å². The van der Waals surface area contributed by atoms with Gasteiger partial charge >= 0.3 is 6.36 Å². The molecule has 0 atom stereocenters. The van der Waals surface area contributed by atoms with E-state index < -0.39 is 17.9 Å². The molecule has 155 valence electrons. The Hall–Kier alpha value is -3.26. The number of ether oxygens (including phenoxy) is 3. The predicted octanol–water partition coefficient (Wildman–Crippen LogP) is 6.30. The first-order valence-electron chi connectivity index (χ1n) is 8.30. The van der Waals surface area contributed by atoms with Crippen LogP contribution in [0.5, 0.6) is 23.0 Å². The molecule has 0 heterocycles. The van der Waals surface area contributed by atoms with Crippen molar-refractivity contribution in [3.63, 3.8) is 0 Å². The van der Waals surface area contributed by atoms with Crippen molar-refractivity contribution in [2.24, 2.45) is 0 Å². The van der Waals surface area contributed by atoms with E-state index in [0.717, 1.165) is 12.1 Å². The molecule has 3 aromatic rings. The van der Waals surface area contributed by atoms with Crippen LogP contribution < -0.4 is 14.2 Å². The van der Waals surface area contributed by atoms with Crippen LogP contribution in [0.3, 0.4) is 0 Å². The Balaban J connectivity index is 2.02. The lowest BCUT2D eigenvalue weighted by Crippen LogP contribution is -2.17. The first-order chi connectivity index (χ1) is 14.2. The summed E-state index contributed by atoms with van der Waals surface area (Å²) in [6.45, 7) is 0. The summed E-state index contributed by atoms with van der Waals surface area (Å²) < 4.78 is 66.7. The molecular formula is C21H12ClF4O4. The van der Waals surface area contributed by atoms with Crippen LogP contribution >= 0.6 is 11.6 Å². The summed E-state index contributed by atoms with van der Waals surface area (Å²) in [5, 5.41) is -0.163. The van der Waals surface area contributed by atoms with Gasteiger partial charge in [-0.3, -0.25) is 4.79 Å². The van der Waals surface area contributed by atoms with Gasteiger partial charge in [-0.05, 0) is 29.8 Å². The van der Waals surface area contributed by atoms with Crippen LogP contribution in [0, 0.1) is 5.82 Å². The van der Waals surface area contributed by atoms with E-state index in [1.165, 1.54) is 49.6 Å². The van der Waals surface area contributed by atoms with Crippen molar-refractivity contribution in [3.05, 3.63) is 71.0 Å². The fraction of sp³-hybridized carbons (Fsp3) is 0.0952. The van der Waals surface area contributed by atoms with E-state index in [1.807, 2.05) is 0 Å². The molecule has 30 heavy (non-hydrogen) atoms. The van der Waals surface area contributed by atoms with Crippen LogP contribution in [0.2, 0.25) is 5.02 Å². The highest BCUT2D eigenvalue weighted by Gasteiger charge is 2.31. The Kier molecular flexibility index (Phi) is 6.17. The minimum atomic E-state index is -4.87. The summed E-state index contributed by atoms with van der Waals surface area (Å²) in [7, 11) is 1.23. The molecule has 0 aliphatic rings. The van der Waals surface area contributed by atoms with Gasteiger partial charge in [0.2, 0.25) is 6.29 Å². The Morgan fingerprint density at radius 2 is 1.60 bits per heavy atom. The number of alkyl halides is 3. The van der Waals surface area contributed by atoms with Gasteiger partial charge in [-0.2, -0.15) is 0 Å². The maximum atomic E-state index is 14.8. The first kappa shape index (κ1) is 21.4. The molecular weight excluding hydrogens is 428 g/mol. The molecule has 4 nitrogen and oxygen atoms in total. The van der Waals surface area contributed by atoms with Gasteiger partial charge in [0.05, 0.1) is 17.7 Å². The van der Waals surface area contributed by atoms with E-state index in [9.17, 15) is 22.4 Å². The van der Waals surface area contributed by atoms with Crippen molar-refractivity contribution in [2.75, 3.05) is 7.11 Å². The second kappa shape index (κ2) is 8.62. The smallest absolute Gasteiger partial charge is 0.493 e. The molecule has 3 rings (SSSR count). The monoisotopic (exact) mass is 439 g/mol. The van der Waals surface area contributed by atoms with Gasteiger partial charge in [0.1, 0.15) is 11.5 Å². The van der Waals surface area contributed by atoms with Crippen LogP contribution in [0.4, 0.5) is 17.6 Å². The molecule has 3 aromatic carbocycles. The summed E-state index contributed by atoms with van der Waals surface area (Å²) in [5.74, 6) is -1.29. The molecule has 0 aromatic heterocycles. The summed E-state index contributed by atoms with van der Waals surface area (Å²) >= 11 is 5.90. The summed E-state index contributed by atoms with van der Waals surface area (Å²) in [6, 6.07) is 11.7. The van der Waals surface area contributed by atoms with Crippen molar-refractivity contribution < 1.29 is 36.6 Å². The standard InChI is InChI=1S/C21H12ClF4O4/c1-28-18-10-14(30-21(24,25)26)6-8-16(18)29-17-9-7-15(22)20(23)19(17)13-4-2-12(11-27)3-5-13/h2-10H,1H3. The van der Waals surface area contributed by atoms with Crippen molar-refractivity contribution in [3.8, 4) is 34.1 Å². The second-order valence-corrected chi connectivity index (χ2v) is 6.28. The average molecular weight is 440 g/mol. The zero-order valence-corrected chi connectivity index (χ0v) is 16.0. The summed E-state index contributed by atoms with van der Waals surface area (Å²) in [4.78, 5) is 10.7. The quantitative estimate of drug-likeness (QED) is 0.423. The van der Waals surface area contributed by atoms with Crippen LogP contribution in [0.25, 0.3) is 11.1 Å². The fourth-order valence-corrected chi connectivity index (χ4v) is 2.80. The lowest BCUT2D eigenvalue weighted by molar-refractivity contribution is -0.274. The molecule has 0 saturated heterocycles. The third kappa shape index (κ3) is 4.83. The molecule has 0 spiro atoms. The van der Waals surface area contributed by atoms with Crippen molar-refractivity contribution in [1.29, 1.82) is 0 Å². The highest BCUT2D eigenvalue weighted by molar-refractivity contribution is 6.31. The van der Waals surface area contributed by atoms with E-state index >= 15 is 0 Å². The topological polar surface area (TPSA) is 44.8 Å². The third-order valence-electron chi connectivity index (χ3n) is 3.94. The van der Waals surface area contributed by atoms with Gasteiger partial charge in [0, 0.05) is 11.6 Å². The minimum absolute atomic E-state index is 0.00220. The number of hydrogen-bond acceptors (Lipinski definition) is 4. The van der Waals surface area contributed by atoms with E-state index in [2.05, 4.69) is 4.74 Å². The zero-order chi connectivity index (χ0) is 21.9. The van der Waals surface area contributed by atoms with Gasteiger partial charge in [-0.15, -0.1) is 13.2 Å². The molecule has 0 N–H and O–H groups in total. The van der Waals surface area contributed by atoms with E-state index in [1.54, 1.807) is 6.29 Å². The van der Waals surface area contributed by atoms with Crippen LogP contribution in [0.15, 0.2) is 54.6 Å². The number of benzene rings is 3. The van der Waals surface area contributed by atoms with Crippen LogP contribution in [-0.4, -0.2) is 19.8 Å². The Bertz CT molecular complexity index is 1070. The summed E-state index contributed by atoms with van der Waals surface area (Å²) in [5.41, 5.74) is 0.628. The molecule has 0 saturated carbocycles. The minimum Gasteiger partial charge on any atom is -0.493 e. The molecule has 0 fully saturated rings. The largest absolute Gasteiger partial charge is 0.573 e. The van der Waals surface area contributed by atoms with Crippen LogP contribution in [0.1, 0.15) is 5.56 Å². The third-order valence-corrected chi connectivity index (χ3v) is 4.23. The van der Waals surface area contributed by atoms with Crippen molar-refractivity contribution >= 4 is 17.9 Å². The molecule has 0 unspecified atom stereocenters. The number of halogens is 5. The Morgan fingerprint density at radius 3 is 2.20 bits per heavy atom. The SMILES string of the molecule is COc1cc(OC(F)(F)F)ccc1Oc1ccc(Cl)c(F)c1-c1ccc([C]=O)cc1. The van der Waals surface area contributed by atoms with Crippen molar-refractivity contribution in [2.45, 2.75) is 6.36 Å². The lowest BCUT2D eigenvalue weighted by atomic mass is 10.0. The van der Waals surface area contributed by atoms with Gasteiger partial charge in [-0.25, -0.2) is 4.39 Å². The van der Waals surface area contributed by atoms with E-state index in [4.69, 9.17) is 21.1 Å². The highest BCUT2D eigenvalue weighted by atomic mass is 35.5. The Labute approximate surface area is 173 Å². The second-order valence-electron chi connectivity index (χ2n) is 5.88. The highest BCUT2D eigenvalue weighted by Crippen LogP contribution is 2.42. The number of rotatable bonds is 6. The van der Waals surface area contributed by atoms with Gasteiger partial charge in [0.15, 0.2) is 17.3 Å². The van der Waals surface area contributed by atoms with Gasteiger partial charge in [0.25, 0.3) is 0 Å². The maximum Gasteiger partial charge on any atom is 0.573 e. The maximum absolute atomic E-state index is 14.8. The number of carbonyl (C=O) groups excluding carboxylic acids is 1. The molecule has 0 amide bonds. The lowest BCUT2D eigenvalue weighted by Gasteiger charge is -2.16. The predicted molar refractivity (Wildman–Crippen MR) is 101 cm³/mol. The van der Waals surface area contributed by atoms with Gasteiger partial charge < -0.3 is 14.2 Å². The molecule has 9 heteroatoms. The van der Waals surface area contributed by atoms with E-state index in [-0.39, 0.29) is 33.4 Å². The molecule has 0 aliphatic carbocycles. The molecule has 0 bridgehead atoms. The Morgan fingerprint density at radius 1 is 0.933 bits per heavy atom. The average Bonchev–Trinajstić information content (AvgIpc) is 2.71. The molecule has 0 aliphatic heterocycles. The number of hydrogen-bond donors (Lipinski definition) is 0. The normalized spacial score (nSPS) is 11.1. The molecule has 1 radical (unpaired) electrons. The zero-order valence-electron chi connectivity index (χ0n) is 15.2. The van der Waals surface area contributed by atoms with Gasteiger partial charge in [-0.1, -0.05) is 35.9 Å². The van der Waals surface area contributed by atoms with E-state index in [0.29, 0.717) is 5.56 Å². The fourth-order valence-electron chi connectivity index (χ4n) is 2.64. The summed E-state index contributed by atoms with van der Waals surface area (Å²) in [6.07, 6.45) is -3.16. The van der Waals surface area contributed by atoms with Crippen LogP contribution in [-0.2, 0) is 4.79 Å².